The molecule has 0 bridgehead atoms. The zero-order valence-electron chi connectivity index (χ0n) is 13.0. The van der Waals surface area contributed by atoms with Crippen LogP contribution < -0.4 is 21.8 Å². The number of benzene rings is 1. The Hall–Kier alpha value is -3.66. The maximum atomic E-state index is 12.7. The summed E-state index contributed by atoms with van der Waals surface area (Å²) in [5, 5.41) is 15.0. The quantitative estimate of drug-likeness (QED) is 0.326. The van der Waals surface area contributed by atoms with E-state index in [1.807, 2.05) is 30.3 Å². The summed E-state index contributed by atoms with van der Waals surface area (Å²) in [6.07, 6.45) is 1.38. The van der Waals surface area contributed by atoms with E-state index < -0.39 is 11.5 Å². The van der Waals surface area contributed by atoms with Gasteiger partial charge >= 0.3 is 0 Å². The predicted molar refractivity (Wildman–Crippen MR) is 89.5 cm³/mol. The van der Waals surface area contributed by atoms with Gasteiger partial charge in [-0.25, -0.2) is 15.5 Å². The number of nitrogens with two attached hydrogens (primary N) is 1. The maximum Gasteiger partial charge on any atom is 0.291 e. The van der Waals surface area contributed by atoms with Crippen molar-refractivity contribution < 1.29 is 9.90 Å². The molecule has 2 aromatic heterocycles. The van der Waals surface area contributed by atoms with E-state index in [1.54, 1.807) is 0 Å². The number of para-hydroxylation sites is 1. The number of aromatic nitrogens is 4. The largest absolute Gasteiger partial charge is 0.510 e. The Bertz CT molecular complexity index is 1090. The first-order chi connectivity index (χ1) is 12.0. The Kier molecular flexibility index (Phi) is 3.09. The molecule has 10 nitrogen and oxygen atoms in total. The summed E-state index contributed by atoms with van der Waals surface area (Å²) in [4.78, 5) is 29.1. The lowest BCUT2D eigenvalue weighted by molar-refractivity contribution is -0.114. The zero-order valence-corrected chi connectivity index (χ0v) is 13.0. The topological polar surface area (TPSA) is 131 Å². The highest BCUT2D eigenvalue weighted by molar-refractivity contribution is 6.04. The highest BCUT2D eigenvalue weighted by atomic mass is 16.3. The molecule has 1 aliphatic rings. The van der Waals surface area contributed by atoms with Crippen LogP contribution in [0.3, 0.4) is 0 Å². The van der Waals surface area contributed by atoms with Crippen molar-refractivity contribution in [3.63, 3.8) is 0 Å². The standard InChI is InChI=1S/C15H13N7O3/c1-8(23)11-13(24)19-22-14(25)10-7-17-21(9-5-3-2-4-6-9)12(10)18-15(22)20(11)16/h2-7,23H,16H2,1H3,(H,19,24)/b11-8-. The molecule has 0 spiro atoms. The normalized spacial score (nSPS) is 15.9. The number of anilines is 1. The van der Waals surface area contributed by atoms with Gasteiger partial charge in [0.25, 0.3) is 11.5 Å². The molecule has 126 valence electrons. The Morgan fingerprint density at radius 1 is 1.24 bits per heavy atom. The molecule has 10 heteroatoms. The van der Waals surface area contributed by atoms with Crippen molar-refractivity contribution in [2.45, 2.75) is 6.92 Å². The first kappa shape index (κ1) is 14.9. The van der Waals surface area contributed by atoms with E-state index in [4.69, 9.17) is 5.84 Å². The van der Waals surface area contributed by atoms with Gasteiger partial charge in [-0.15, -0.1) is 0 Å². The summed E-state index contributed by atoms with van der Waals surface area (Å²) in [7, 11) is 0. The van der Waals surface area contributed by atoms with Crippen molar-refractivity contribution in [1.29, 1.82) is 0 Å². The molecule has 3 aromatic rings. The second kappa shape index (κ2) is 5.18. The fraction of sp³-hybridized carbons (Fsp3) is 0.0667. The molecular weight excluding hydrogens is 326 g/mol. The van der Waals surface area contributed by atoms with Crippen LogP contribution in [0.1, 0.15) is 6.92 Å². The lowest BCUT2D eigenvalue weighted by atomic mass is 10.3. The van der Waals surface area contributed by atoms with Crippen LogP contribution in [0.4, 0.5) is 5.95 Å². The van der Waals surface area contributed by atoms with Crippen LogP contribution >= 0.6 is 0 Å². The predicted octanol–water partition coefficient (Wildman–Crippen LogP) is 0.135. The third-order valence-electron chi connectivity index (χ3n) is 3.81. The number of rotatable bonds is 1. The van der Waals surface area contributed by atoms with Crippen molar-refractivity contribution in [3.05, 3.63) is 58.3 Å². The highest BCUT2D eigenvalue weighted by Crippen LogP contribution is 2.22. The Morgan fingerprint density at radius 2 is 1.96 bits per heavy atom. The number of amides is 1. The van der Waals surface area contributed by atoms with Gasteiger partial charge in [0, 0.05) is 0 Å². The molecular formula is C15H13N7O3. The van der Waals surface area contributed by atoms with E-state index in [2.05, 4.69) is 15.5 Å². The van der Waals surface area contributed by atoms with E-state index in [1.165, 1.54) is 17.8 Å². The minimum atomic E-state index is -0.714. The number of aliphatic hydroxyl groups excluding tert-OH is 1. The minimum Gasteiger partial charge on any atom is -0.510 e. The van der Waals surface area contributed by atoms with Crippen molar-refractivity contribution in [3.8, 4) is 5.69 Å². The summed E-state index contributed by atoms with van der Waals surface area (Å²) in [5.74, 6) is 4.85. The number of carbonyl (C=O) groups excluding carboxylic acids is 1. The van der Waals surface area contributed by atoms with Crippen LogP contribution in [0.15, 0.2) is 52.8 Å². The summed E-state index contributed by atoms with van der Waals surface area (Å²) >= 11 is 0. The molecule has 0 saturated heterocycles. The van der Waals surface area contributed by atoms with Crippen LogP contribution in [-0.4, -0.2) is 30.5 Å². The van der Waals surface area contributed by atoms with Gasteiger partial charge in [0.05, 0.1) is 11.9 Å². The summed E-state index contributed by atoms with van der Waals surface area (Å²) in [6.45, 7) is 1.31. The smallest absolute Gasteiger partial charge is 0.291 e. The fourth-order valence-electron chi connectivity index (χ4n) is 2.68. The molecule has 1 aromatic carbocycles. The van der Waals surface area contributed by atoms with Gasteiger partial charge in [-0.1, -0.05) is 18.2 Å². The number of carbonyl (C=O) groups is 1. The van der Waals surface area contributed by atoms with Gasteiger partial charge in [-0.05, 0) is 19.1 Å². The highest BCUT2D eigenvalue weighted by Gasteiger charge is 2.31. The van der Waals surface area contributed by atoms with Crippen molar-refractivity contribution in [1.82, 2.24) is 19.4 Å². The number of nitrogens with one attached hydrogen (secondary N) is 1. The van der Waals surface area contributed by atoms with Gasteiger partial charge < -0.3 is 5.11 Å². The summed E-state index contributed by atoms with van der Waals surface area (Å²) < 4.78 is 2.42. The molecule has 1 amide bonds. The molecule has 4 N–H and O–H groups in total. The second-order valence-electron chi connectivity index (χ2n) is 5.43. The van der Waals surface area contributed by atoms with Gasteiger partial charge in [0.1, 0.15) is 11.1 Å². The van der Waals surface area contributed by atoms with Crippen LogP contribution in [-0.2, 0) is 4.79 Å². The third-order valence-corrected chi connectivity index (χ3v) is 3.81. The van der Waals surface area contributed by atoms with Crippen molar-refractivity contribution in [2.75, 3.05) is 10.4 Å². The maximum absolute atomic E-state index is 12.7. The molecule has 0 unspecified atom stereocenters. The second-order valence-corrected chi connectivity index (χ2v) is 5.43. The van der Waals surface area contributed by atoms with Crippen LogP contribution in [0.2, 0.25) is 0 Å². The van der Waals surface area contributed by atoms with E-state index in [0.29, 0.717) is 5.69 Å². The number of allylic oxidation sites excluding steroid dienone is 1. The van der Waals surface area contributed by atoms with E-state index in [0.717, 1.165) is 9.69 Å². The molecule has 4 rings (SSSR count). The molecule has 25 heavy (non-hydrogen) atoms. The minimum absolute atomic E-state index is 0.0434. The van der Waals surface area contributed by atoms with Gasteiger partial charge in [-0.2, -0.15) is 14.8 Å². The lowest BCUT2D eigenvalue weighted by Crippen LogP contribution is -2.51. The van der Waals surface area contributed by atoms with Crippen LogP contribution in [0, 0.1) is 0 Å². The summed E-state index contributed by atoms with van der Waals surface area (Å²) in [6, 6.07) is 9.16. The molecule has 0 atom stereocenters. The number of aliphatic hydroxyl groups is 1. The molecule has 0 aliphatic carbocycles. The number of hydrazine groups is 1. The molecule has 0 fully saturated rings. The van der Waals surface area contributed by atoms with Gasteiger partial charge in [0.15, 0.2) is 11.3 Å². The fourth-order valence-corrected chi connectivity index (χ4v) is 2.68. The van der Waals surface area contributed by atoms with Crippen molar-refractivity contribution >= 4 is 22.9 Å². The van der Waals surface area contributed by atoms with Gasteiger partial charge in [0.2, 0.25) is 5.95 Å². The Labute approximate surface area is 140 Å². The number of hydrogen-bond acceptors (Lipinski definition) is 7. The summed E-state index contributed by atoms with van der Waals surface area (Å²) in [5.41, 5.74) is 2.63. The zero-order chi connectivity index (χ0) is 17.7. The number of nitrogens with zero attached hydrogens (tertiary/aromatic N) is 5. The monoisotopic (exact) mass is 339 g/mol. The average molecular weight is 339 g/mol. The van der Waals surface area contributed by atoms with E-state index in [-0.39, 0.29) is 28.4 Å². The molecule has 3 heterocycles. The Morgan fingerprint density at radius 3 is 2.64 bits per heavy atom. The Balaban J connectivity index is 2.02. The van der Waals surface area contributed by atoms with Crippen LogP contribution in [0.25, 0.3) is 16.7 Å². The molecule has 0 radical (unpaired) electrons. The van der Waals surface area contributed by atoms with E-state index >= 15 is 0 Å². The lowest BCUT2D eigenvalue weighted by Gasteiger charge is -2.28. The third kappa shape index (κ3) is 2.08. The van der Waals surface area contributed by atoms with E-state index in [9.17, 15) is 14.7 Å². The molecule has 0 saturated carbocycles. The van der Waals surface area contributed by atoms with Crippen LogP contribution in [0.5, 0.6) is 0 Å². The first-order valence-corrected chi connectivity index (χ1v) is 7.31. The average Bonchev–Trinajstić information content (AvgIpc) is 3.01. The SMILES string of the molecule is C/C(O)=C1\C(=O)Nn2c(nc3c(cnn3-c3ccccc3)c2=O)N1N. The van der Waals surface area contributed by atoms with Gasteiger partial charge in [-0.3, -0.25) is 15.0 Å². The number of fused-ring (bicyclic) bond motifs is 2. The molecule has 1 aliphatic heterocycles. The first-order valence-electron chi connectivity index (χ1n) is 7.31. The number of hydrogen-bond donors (Lipinski definition) is 3. The van der Waals surface area contributed by atoms with Crippen molar-refractivity contribution in [2.24, 2.45) is 5.84 Å².